The molecule has 0 amide bonds. The van der Waals surface area contributed by atoms with Crippen molar-refractivity contribution in [1.29, 1.82) is 0 Å². The average molecular weight is 201 g/mol. The third kappa shape index (κ3) is 4.58. The van der Waals surface area contributed by atoms with Crippen LogP contribution in [0.25, 0.3) is 0 Å². The van der Waals surface area contributed by atoms with Crippen LogP contribution in [-0.2, 0) is 14.3 Å². The van der Waals surface area contributed by atoms with Crippen molar-refractivity contribution in [2.24, 2.45) is 5.92 Å². The second-order valence-corrected chi connectivity index (χ2v) is 3.49. The lowest BCUT2D eigenvalue weighted by Crippen LogP contribution is -2.25. The molecule has 0 aliphatic carbocycles. The fraction of sp³-hybridized carbons (Fsp3) is 0.900. The van der Waals surface area contributed by atoms with Crippen molar-refractivity contribution < 1.29 is 14.3 Å². The summed E-state index contributed by atoms with van der Waals surface area (Å²) in [5, 5.41) is 3.24. The topological polar surface area (TPSA) is 47.6 Å². The molecular weight excluding hydrogens is 182 g/mol. The van der Waals surface area contributed by atoms with E-state index in [0.717, 1.165) is 26.2 Å². The van der Waals surface area contributed by atoms with Crippen LogP contribution in [0, 0.1) is 5.92 Å². The molecule has 4 heteroatoms. The molecule has 4 nitrogen and oxygen atoms in total. The third-order valence-corrected chi connectivity index (χ3v) is 2.27. The van der Waals surface area contributed by atoms with Crippen LogP contribution in [0.5, 0.6) is 0 Å². The molecule has 0 radical (unpaired) electrons. The lowest BCUT2D eigenvalue weighted by atomic mass is 10.1. The Hall–Kier alpha value is -0.610. The monoisotopic (exact) mass is 201 g/mol. The fourth-order valence-corrected chi connectivity index (χ4v) is 1.47. The Morgan fingerprint density at radius 1 is 1.64 bits per heavy atom. The molecule has 0 saturated carbocycles. The quantitative estimate of drug-likeness (QED) is 0.504. The predicted molar refractivity (Wildman–Crippen MR) is 53.0 cm³/mol. The summed E-state index contributed by atoms with van der Waals surface area (Å²) >= 11 is 0. The number of ether oxygens (including phenoxy) is 2. The molecule has 0 spiro atoms. The van der Waals surface area contributed by atoms with Crippen LogP contribution in [0.3, 0.4) is 0 Å². The minimum atomic E-state index is -0.123. The predicted octanol–water partition coefficient (Wildman–Crippen LogP) is 0.566. The summed E-state index contributed by atoms with van der Waals surface area (Å²) < 4.78 is 10.1. The van der Waals surface area contributed by atoms with E-state index in [1.54, 1.807) is 0 Å². The van der Waals surface area contributed by atoms with Gasteiger partial charge in [-0.3, -0.25) is 4.79 Å². The standard InChI is InChI=1S/C10H19NO3/c1-2-14-10(12)3-5-11-7-9-4-6-13-8-9/h9,11H,2-8H2,1H3. The van der Waals surface area contributed by atoms with Gasteiger partial charge < -0.3 is 14.8 Å². The smallest absolute Gasteiger partial charge is 0.307 e. The Kier molecular flexibility index (Phi) is 5.56. The number of hydrogen-bond acceptors (Lipinski definition) is 4. The van der Waals surface area contributed by atoms with Gasteiger partial charge in [-0.15, -0.1) is 0 Å². The summed E-state index contributed by atoms with van der Waals surface area (Å²) in [4.78, 5) is 11.0. The van der Waals surface area contributed by atoms with Gasteiger partial charge in [0.15, 0.2) is 0 Å². The van der Waals surface area contributed by atoms with Crippen molar-refractivity contribution in [3.05, 3.63) is 0 Å². The lowest BCUT2D eigenvalue weighted by molar-refractivity contribution is -0.142. The van der Waals surface area contributed by atoms with Crippen molar-refractivity contribution in [3.63, 3.8) is 0 Å². The highest BCUT2D eigenvalue weighted by atomic mass is 16.5. The molecule has 1 N–H and O–H groups in total. The number of hydrogen-bond donors (Lipinski definition) is 1. The second-order valence-electron chi connectivity index (χ2n) is 3.49. The Bertz CT molecular complexity index is 167. The molecule has 0 aromatic heterocycles. The van der Waals surface area contributed by atoms with Crippen LogP contribution < -0.4 is 5.32 Å². The highest BCUT2D eigenvalue weighted by Crippen LogP contribution is 2.10. The first-order chi connectivity index (χ1) is 6.83. The Labute approximate surface area is 85.0 Å². The summed E-state index contributed by atoms with van der Waals surface area (Å²) in [5.41, 5.74) is 0. The van der Waals surface area contributed by atoms with E-state index in [4.69, 9.17) is 9.47 Å². The summed E-state index contributed by atoms with van der Waals surface area (Å²) in [5.74, 6) is 0.500. The number of carbonyl (C=O) groups is 1. The largest absolute Gasteiger partial charge is 0.466 e. The van der Waals surface area contributed by atoms with Gasteiger partial charge in [0.05, 0.1) is 19.6 Å². The minimum Gasteiger partial charge on any atom is -0.466 e. The number of carbonyl (C=O) groups excluding carboxylic acids is 1. The van der Waals surface area contributed by atoms with Gasteiger partial charge in [-0.1, -0.05) is 0 Å². The van der Waals surface area contributed by atoms with Crippen molar-refractivity contribution in [3.8, 4) is 0 Å². The number of esters is 1. The van der Waals surface area contributed by atoms with Gasteiger partial charge in [0.2, 0.25) is 0 Å². The van der Waals surface area contributed by atoms with E-state index in [-0.39, 0.29) is 5.97 Å². The van der Waals surface area contributed by atoms with Crippen molar-refractivity contribution in [2.75, 3.05) is 32.9 Å². The minimum absolute atomic E-state index is 0.123. The zero-order valence-electron chi connectivity index (χ0n) is 8.75. The highest BCUT2D eigenvalue weighted by molar-refractivity contribution is 5.69. The van der Waals surface area contributed by atoms with Gasteiger partial charge in [0.1, 0.15) is 0 Å². The average Bonchev–Trinajstić information content (AvgIpc) is 2.65. The molecule has 0 bridgehead atoms. The SMILES string of the molecule is CCOC(=O)CCNCC1CCOC1. The second kappa shape index (κ2) is 6.79. The number of rotatable bonds is 6. The molecule has 14 heavy (non-hydrogen) atoms. The van der Waals surface area contributed by atoms with E-state index in [1.807, 2.05) is 6.92 Å². The molecule has 1 fully saturated rings. The van der Waals surface area contributed by atoms with Gasteiger partial charge in [0, 0.05) is 19.7 Å². The van der Waals surface area contributed by atoms with Gasteiger partial charge in [-0.2, -0.15) is 0 Å². The van der Waals surface area contributed by atoms with Crippen LogP contribution >= 0.6 is 0 Å². The molecule has 1 unspecified atom stereocenters. The van der Waals surface area contributed by atoms with Gasteiger partial charge in [-0.05, 0) is 19.3 Å². The van der Waals surface area contributed by atoms with E-state index >= 15 is 0 Å². The maximum atomic E-state index is 11.0. The first kappa shape index (κ1) is 11.5. The Morgan fingerprint density at radius 3 is 3.14 bits per heavy atom. The fourth-order valence-electron chi connectivity index (χ4n) is 1.47. The first-order valence-corrected chi connectivity index (χ1v) is 5.27. The highest BCUT2D eigenvalue weighted by Gasteiger charge is 2.14. The number of nitrogens with one attached hydrogen (secondary N) is 1. The lowest BCUT2D eigenvalue weighted by Gasteiger charge is -2.08. The molecule has 0 aromatic rings. The Balaban J connectivity index is 1.90. The zero-order valence-corrected chi connectivity index (χ0v) is 8.75. The van der Waals surface area contributed by atoms with Crippen LogP contribution in [0.1, 0.15) is 19.8 Å². The van der Waals surface area contributed by atoms with Gasteiger partial charge in [-0.25, -0.2) is 0 Å². The molecule has 82 valence electrons. The molecule has 1 heterocycles. The first-order valence-electron chi connectivity index (χ1n) is 5.27. The van der Waals surface area contributed by atoms with E-state index in [1.165, 1.54) is 0 Å². The normalized spacial score (nSPS) is 21.1. The third-order valence-electron chi connectivity index (χ3n) is 2.27. The maximum Gasteiger partial charge on any atom is 0.307 e. The van der Waals surface area contributed by atoms with E-state index in [0.29, 0.717) is 25.5 Å². The summed E-state index contributed by atoms with van der Waals surface area (Å²) in [6.07, 6.45) is 1.59. The van der Waals surface area contributed by atoms with Gasteiger partial charge >= 0.3 is 5.97 Å². The van der Waals surface area contributed by atoms with Crippen LogP contribution in [0.4, 0.5) is 0 Å². The van der Waals surface area contributed by atoms with E-state index < -0.39 is 0 Å². The molecule has 1 aliphatic rings. The van der Waals surface area contributed by atoms with Crippen molar-refractivity contribution in [1.82, 2.24) is 5.32 Å². The van der Waals surface area contributed by atoms with Gasteiger partial charge in [0.25, 0.3) is 0 Å². The Morgan fingerprint density at radius 2 is 2.50 bits per heavy atom. The van der Waals surface area contributed by atoms with E-state index in [9.17, 15) is 4.79 Å². The van der Waals surface area contributed by atoms with Crippen LogP contribution in [-0.4, -0.2) is 38.9 Å². The molecule has 1 aliphatic heterocycles. The maximum absolute atomic E-state index is 11.0. The molecule has 1 rings (SSSR count). The molecule has 1 saturated heterocycles. The van der Waals surface area contributed by atoms with Crippen molar-refractivity contribution >= 4 is 5.97 Å². The van der Waals surface area contributed by atoms with Crippen LogP contribution in [0.15, 0.2) is 0 Å². The molecule has 0 aromatic carbocycles. The molecular formula is C10H19NO3. The zero-order chi connectivity index (χ0) is 10.2. The molecule has 1 atom stereocenters. The summed E-state index contributed by atoms with van der Waals surface area (Å²) in [6.45, 7) is 5.67. The van der Waals surface area contributed by atoms with E-state index in [2.05, 4.69) is 5.32 Å². The van der Waals surface area contributed by atoms with Crippen LogP contribution in [0.2, 0.25) is 0 Å². The van der Waals surface area contributed by atoms with Crippen molar-refractivity contribution in [2.45, 2.75) is 19.8 Å². The summed E-state index contributed by atoms with van der Waals surface area (Å²) in [6, 6.07) is 0. The summed E-state index contributed by atoms with van der Waals surface area (Å²) in [7, 11) is 0.